The number of hydrogen-bond donors (Lipinski definition) is 0. The first-order valence-electron chi connectivity index (χ1n) is 6.50. The van der Waals surface area contributed by atoms with Gasteiger partial charge in [-0.25, -0.2) is 19.4 Å². The lowest BCUT2D eigenvalue weighted by atomic mass is 10.2. The van der Waals surface area contributed by atoms with Crippen LogP contribution in [0.1, 0.15) is 13.8 Å². The van der Waals surface area contributed by atoms with E-state index in [2.05, 4.69) is 15.1 Å². The average molecular weight is 323 g/mol. The maximum Gasteiger partial charge on any atom is 0.332 e. The molecule has 0 bridgehead atoms. The number of nitrogens with zero attached hydrogens (tertiary/aromatic N) is 4. The molecule has 2 aromatic heterocycles. The number of esters is 1. The third-order valence-electron chi connectivity index (χ3n) is 2.46. The Morgan fingerprint density at radius 3 is 2.86 bits per heavy atom. The molecule has 0 atom stereocenters. The van der Waals surface area contributed by atoms with E-state index in [4.69, 9.17) is 21.1 Å². The number of pyridine rings is 1. The minimum absolute atomic E-state index is 0.171. The summed E-state index contributed by atoms with van der Waals surface area (Å²) < 4.78 is 11.4. The van der Waals surface area contributed by atoms with Gasteiger partial charge in [-0.3, -0.25) is 0 Å². The van der Waals surface area contributed by atoms with Crippen molar-refractivity contribution in [2.45, 2.75) is 20.0 Å². The van der Waals surface area contributed by atoms with E-state index in [0.29, 0.717) is 17.3 Å². The molecule has 7 nitrogen and oxygen atoms in total. The lowest BCUT2D eigenvalue weighted by molar-refractivity contribution is -0.141. The van der Waals surface area contributed by atoms with E-state index < -0.39 is 5.97 Å². The third-order valence-corrected chi connectivity index (χ3v) is 2.66. The molecule has 0 amide bonds. The second-order valence-corrected chi connectivity index (χ2v) is 4.96. The van der Waals surface area contributed by atoms with Crippen molar-refractivity contribution in [3.63, 3.8) is 0 Å². The monoisotopic (exact) mass is 322 g/mol. The topological polar surface area (TPSA) is 79.1 Å². The number of rotatable bonds is 5. The lowest BCUT2D eigenvalue weighted by Gasteiger charge is -2.03. The Morgan fingerprint density at radius 1 is 1.41 bits per heavy atom. The summed E-state index contributed by atoms with van der Waals surface area (Å²) >= 11 is 5.91. The molecule has 2 aromatic rings. The molecule has 0 N–H and O–H groups in total. The third kappa shape index (κ3) is 4.29. The number of hydrogen-bond acceptors (Lipinski definition) is 6. The van der Waals surface area contributed by atoms with E-state index in [1.54, 1.807) is 26.0 Å². The number of aromatic nitrogens is 4. The summed E-state index contributed by atoms with van der Waals surface area (Å²) in [6, 6.07) is 3.29. The average Bonchev–Trinajstić information content (AvgIpc) is 2.92. The zero-order valence-corrected chi connectivity index (χ0v) is 13.1. The highest BCUT2D eigenvalue weighted by Gasteiger charge is 2.08. The minimum atomic E-state index is -0.444. The standard InChI is InChI=1S/C14H15ClN4O3/c1-9(2)22-13(20)4-5-19-8-16-14(18-19)10-6-11(15)17-12(7-10)21-3/h4-9H,1-3H3/b5-4-. The van der Waals surface area contributed by atoms with Gasteiger partial charge in [0.15, 0.2) is 5.82 Å². The Balaban J connectivity index is 2.16. The molecule has 0 aromatic carbocycles. The van der Waals surface area contributed by atoms with Crippen molar-refractivity contribution < 1.29 is 14.3 Å². The van der Waals surface area contributed by atoms with Gasteiger partial charge in [0, 0.05) is 23.9 Å². The molecule has 0 aliphatic heterocycles. The largest absolute Gasteiger partial charge is 0.481 e. The Bertz CT molecular complexity index is 697. The Morgan fingerprint density at radius 2 is 2.18 bits per heavy atom. The first-order valence-corrected chi connectivity index (χ1v) is 6.87. The van der Waals surface area contributed by atoms with Crippen molar-refractivity contribution in [1.82, 2.24) is 19.7 Å². The summed E-state index contributed by atoms with van der Waals surface area (Å²) in [7, 11) is 1.50. The smallest absolute Gasteiger partial charge is 0.332 e. The molecular weight excluding hydrogens is 308 g/mol. The molecule has 0 saturated carbocycles. The summed E-state index contributed by atoms with van der Waals surface area (Å²) in [6.07, 6.45) is 4.03. The molecule has 0 unspecified atom stereocenters. The fourth-order valence-electron chi connectivity index (χ4n) is 1.59. The second-order valence-electron chi connectivity index (χ2n) is 4.57. The van der Waals surface area contributed by atoms with Crippen molar-refractivity contribution in [2.75, 3.05) is 7.11 Å². The molecule has 0 aliphatic carbocycles. The molecule has 0 spiro atoms. The Labute approximate surface area is 132 Å². The molecule has 0 aliphatic rings. The SMILES string of the molecule is COc1cc(-c2ncn(/C=C\C(=O)OC(C)C)n2)cc(Cl)n1. The van der Waals surface area contributed by atoms with E-state index in [9.17, 15) is 4.79 Å². The first-order chi connectivity index (χ1) is 10.5. The summed E-state index contributed by atoms with van der Waals surface area (Å²) in [5, 5.41) is 4.50. The first kappa shape index (κ1) is 16.0. The fraction of sp³-hybridized carbons (Fsp3) is 0.286. The van der Waals surface area contributed by atoms with Gasteiger partial charge in [0.05, 0.1) is 13.2 Å². The Kier molecular flexibility index (Phi) is 5.11. The molecule has 22 heavy (non-hydrogen) atoms. The lowest BCUT2D eigenvalue weighted by Crippen LogP contribution is -2.08. The van der Waals surface area contributed by atoms with Crippen LogP contribution in [-0.2, 0) is 9.53 Å². The normalized spacial score (nSPS) is 11.1. The predicted octanol–water partition coefficient (Wildman–Crippen LogP) is 2.42. The molecular formula is C14H15ClN4O3. The summed E-state index contributed by atoms with van der Waals surface area (Å²) in [6.45, 7) is 3.56. The number of carbonyl (C=O) groups is 1. The van der Waals surface area contributed by atoms with Crippen LogP contribution in [0.4, 0.5) is 0 Å². The van der Waals surface area contributed by atoms with Crippen molar-refractivity contribution in [3.8, 4) is 17.3 Å². The minimum Gasteiger partial charge on any atom is -0.481 e. The van der Waals surface area contributed by atoms with Crippen LogP contribution >= 0.6 is 11.6 Å². The number of halogens is 1. The van der Waals surface area contributed by atoms with Crippen LogP contribution in [0.5, 0.6) is 5.88 Å². The quantitative estimate of drug-likeness (QED) is 0.478. The zero-order valence-electron chi connectivity index (χ0n) is 12.4. The van der Waals surface area contributed by atoms with E-state index >= 15 is 0 Å². The second kappa shape index (κ2) is 7.04. The summed E-state index contributed by atoms with van der Waals surface area (Å²) in [5.41, 5.74) is 0.661. The van der Waals surface area contributed by atoms with Crippen LogP contribution in [0.25, 0.3) is 17.6 Å². The van der Waals surface area contributed by atoms with E-state index in [1.165, 1.54) is 30.4 Å². The van der Waals surface area contributed by atoms with E-state index in [-0.39, 0.29) is 11.3 Å². The molecule has 0 saturated heterocycles. The van der Waals surface area contributed by atoms with Crippen LogP contribution in [0.3, 0.4) is 0 Å². The Hall–Kier alpha value is -2.41. The molecule has 116 valence electrons. The molecule has 0 radical (unpaired) electrons. The zero-order chi connectivity index (χ0) is 16.1. The highest BCUT2D eigenvalue weighted by atomic mass is 35.5. The maximum atomic E-state index is 11.4. The number of methoxy groups -OCH3 is 1. The predicted molar refractivity (Wildman–Crippen MR) is 81.4 cm³/mol. The van der Waals surface area contributed by atoms with Crippen molar-refractivity contribution >= 4 is 23.8 Å². The highest BCUT2D eigenvalue weighted by Crippen LogP contribution is 2.22. The van der Waals surface area contributed by atoms with Gasteiger partial charge in [-0.1, -0.05) is 11.6 Å². The molecule has 2 rings (SSSR count). The van der Waals surface area contributed by atoms with Crippen molar-refractivity contribution in [2.24, 2.45) is 0 Å². The van der Waals surface area contributed by atoms with Gasteiger partial charge in [0.1, 0.15) is 11.5 Å². The molecule has 0 fully saturated rings. The summed E-state index contributed by atoms with van der Waals surface area (Å²) in [4.78, 5) is 19.5. The van der Waals surface area contributed by atoms with Gasteiger partial charge >= 0.3 is 5.97 Å². The van der Waals surface area contributed by atoms with Gasteiger partial charge in [0.2, 0.25) is 5.88 Å². The van der Waals surface area contributed by atoms with Crippen LogP contribution in [0, 0.1) is 0 Å². The molecule has 8 heteroatoms. The molecule has 2 heterocycles. The van der Waals surface area contributed by atoms with Gasteiger partial charge in [0.25, 0.3) is 0 Å². The van der Waals surface area contributed by atoms with Gasteiger partial charge in [-0.2, -0.15) is 0 Å². The number of carbonyl (C=O) groups excluding carboxylic acids is 1. The van der Waals surface area contributed by atoms with Gasteiger partial charge in [-0.15, -0.1) is 5.10 Å². The van der Waals surface area contributed by atoms with Crippen LogP contribution < -0.4 is 4.74 Å². The van der Waals surface area contributed by atoms with E-state index in [0.717, 1.165) is 0 Å². The van der Waals surface area contributed by atoms with Crippen LogP contribution in [0.2, 0.25) is 5.15 Å². The van der Waals surface area contributed by atoms with Gasteiger partial charge < -0.3 is 9.47 Å². The van der Waals surface area contributed by atoms with Crippen LogP contribution in [0.15, 0.2) is 24.5 Å². The van der Waals surface area contributed by atoms with Crippen molar-refractivity contribution in [1.29, 1.82) is 0 Å². The van der Waals surface area contributed by atoms with E-state index in [1.807, 2.05) is 0 Å². The fourth-order valence-corrected chi connectivity index (χ4v) is 1.80. The summed E-state index contributed by atoms with van der Waals surface area (Å²) in [5.74, 6) is 0.361. The van der Waals surface area contributed by atoms with Crippen molar-refractivity contribution in [3.05, 3.63) is 29.7 Å². The highest BCUT2D eigenvalue weighted by molar-refractivity contribution is 6.29. The number of ether oxygens (including phenoxy) is 2. The maximum absolute atomic E-state index is 11.4. The van der Waals surface area contributed by atoms with Gasteiger partial charge in [-0.05, 0) is 19.9 Å². The van der Waals surface area contributed by atoms with Crippen LogP contribution in [-0.4, -0.2) is 38.9 Å².